The molecule has 3 aromatic heterocycles. The number of hydrogen-bond acceptors (Lipinski definition) is 4. The summed E-state index contributed by atoms with van der Waals surface area (Å²) in [5.41, 5.74) is 1.50. The Labute approximate surface area is 310 Å². The summed E-state index contributed by atoms with van der Waals surface area (Å²) < 4.78 is 146. The van der Waals surface area contributed by atoms with Gasteiger partial charge in [0, 0.05) is 49.4 Å². The van der Waals surface area contributed by atoms with E-state index in [9.17, 15) is 0 Å². The molecular formula is C45H28N4O. The van der Waals surface area contributed by atoms with Crippen molar-refractivity contribution in [2.24, 2.45) is 0 Å². The summed E-state index contributed by atoms with van der Waals surface area (Å²) in [4.78, 5) is 13.7. The molecule has 10 rings (SSSR count). The maximum absolute atomic E-state index is 9.16. The van der Waals surface area contributed by atoms with Gasteiger partial charge in [0.25, 0.3) is 0 Å². The van der Waals surface area contributed by atoms with E-state index in [2.05, 4.69) is 15.0 Å². The lowest BCUT2D eigenvalue weighted by Crippen LogP contribution is -2.02. The molecule has 0 fully saturated rings. The number of benzene rings is 7. The van der Waals surface area contributed by atoms with Crippen molar-refractivity contribution in [1.29, 1.82) is 0 Å². The fourth-order valence-electron chi connectivity index (χ4n) is 6.25. The van der Waals surface area contributed by atoms with Crippen molar-refractivity contribution in [1.82, 2.24) is 19.5 Å². The third-order valence-electron chi connectivity index (χ3n) is 8.40. The van der Waals surface area contributed by atoms with E-state index in [1.54, 1.807) is 30.3 Å². The fourth-order valence-corrected chi connectivity index (χ4v) is 6.25. The van der Waals surface area contributed by atoms with Gasteiger partial charge in [-0.15, -0.1) is 0 Å². The number of aromatic nitrogens is 4. The van der Waals surface area contributed by atoms with Gasteiger partial charge in [-0.05, 0) is 36.4 Å². The first-order valence-electron chi connectivity index (χ1n) is 23.4. The SMILES string of the molecule is [2H]c1cc([2H])c2c(c1[2H])c1c([2H])c([2H])cc([2H])c1n2-c1ccc(-c2nc(-c3c([2H])c([2H])c([2H])c([2H])c3[2H])nc(-c3c([2H])c([2H])c([2H])c([2H])c3[2H])n2)cc1-c1cccc2c1oc1ccccc12. The van der Waals surface area contributed by atoms with Crippen molar-refractivity contribution in [2.45, 2.75) is 0 Å². The lowest BCUT2D eigenvalue weighted by molar-refractivity contribution is 0.670. The summed E-state index contributed by atoms with van der Waals surface area (Å²) in [5, 5.41) is 1.56. The minimum atomic E-state index is -0.696. The molecule has 5 nitrogen and oxygen atoms in total. The van der Waals surface area contributed by atoms with Gasteiger partial charge in [0.15, 0.2) is 17.5 Å². The van der Waals surface area contributed by atoms with Crippen LogP contribution in [-0.2, 0) is 0 Å². The standard InChI is InChI=1S/C45H28N4O/c1-3-14-29(15-4-1)43-46-44(30-16-5-2-6-17-30)48-45(47-43)31-26-27-40(49-38-23-10-7-18-32(38)33-19-8-11-24-39(33)49)37(28-31)36-22-13-21-35-34-20-9-12-25-41(34)50-42(35)36/h1-28H/i1D,2D,3D,4D,5D,6D,7D,8D,14D,15D,16D,17D,18D,19D,23D,24D. The number of nitrogens with zero attached hydrogens (tertiary/aromatic N) is 4. The van der Waals surface area contributed by atoms with Crippen molar-refractivity contribution in [3.05, 3.63) is 169 Å². The van der Waals surface area contributed by atoms with Crippen LogP contribution in [0.5, 0.6) is 0 Å². The normalized spacial score (nSPS) is 16.1. The molecule has 0 amide bonds. The maximum Gasteiger partial charge on any atom is 0.164 e. The predicted octanol–water partition coefficient (Wildman–Crippen LogP) is 11.5. The third-order valence-corrected chi connectivity index (χ3v) is 8.40. The van der Waals surface area contributed by atoms with Crippen molar-refractivity contribution in [2.75, 3.05) is 0 Å². The van der Waals surface area contributed by atoms with Crippen LogP contribution >= 0.6 is 0 Å². The average Bonchev–Trinajstić information content (AvgIpc) is 3.88. The zero-order valence-corrected chi connectivity index (χ0v) is 25.6. The Morgan fingerprint density at radius 3 is 1.72 bits per heavy atom. The van der Waals surface area contributed by atoms with E-state index in [1.165, 1.54) is 22.8 Å². The third kappa shape index (κ3) is 4.52. The van der Waals surface area contributed by atoms with Crippen molar-refractivity contribution in [3.8, 4) is 51.0 Å². The van der Waals surface area contributed by atoms with Gasteiger partial charge in [-0.3, -0.25) is 0 Å². The number of para-hydroxylation sites is 4. The molecule has 0 saturated carbocycles. The van der Waals surface area contributed by atoms with Gasteiger partial charge < -0.3 is 8.98 Å². The van der Waals surface area contributed by atoms with Crippen LogP contribution in [0.15, 0.2) is 174 Å². The van der Waals surface area contributed by atoms with Crippen LogP contribution in [0, 0.1) is 0 Å². The zero-order chi connectivity index (χ0) is 46.9. The van der Waals surface area contributed by atoms with Crippen LogP contribution in [0.2, 0.25) is 0 Å². The highest BCUT2D eigenvalue weighted by molar-refractivity contribution is 6.12. The van der Waals surface area contributed by atoms with E-state index in [1.807, 2.05) is 24.3 Å². The molecule has 0 saturated heterocycles. The molecular weight excluding hydrogens is 613 g/mol. The molecule has 50 heavy (non-hydrogen) atoms. The van der Waals surface area contributed by atoms with Crippen LogP contribution in [0.4, 0.5) is 0 Å². The Morgan fingerprint density at radius 1 is 0.460 bits per heavy atom. The van der Waals surface area contributed by atoms with E-state index in [0.717, 1.165) is 10.8 Å². The average molecular weight is 657 g/mol. The Bertz CT molecular complexity index is 3590. The summed E-state index contributed by atoms with van der Waals surface area (Å²) >= 11 is 0. The van der Waals surface area contributed by atoms with Gasteiger partial charge in [0.2, 0.25) is 0 Å². The molecule has 0 bridgehead atoms. The molecule has 0 aliphatic rings. The largest absolute Gasteiger partial charge is 0.455 e. The maximum atomic E-state index is 9.16. The Hall–Kier alpha value is -6.85. The summed E-state index contributed by atoms with van der Waals surface area (Å²) in [7, 11) is 0. The molecule has 10 aromatic rings. The van der Waals surface area contributed by atoms with E-state index in [4.69, 9.17) is 26.3 Å². The Morgan fingerprint density at radius 2 is 1.06 bits per heavy atom. The molecule has 5 heteroatoms. The van der Waals surface area contributed by atoms with Gasteiger partial charge in [-0.1, -0.05) is 133 Å². The number of fused-ring (bicyclic) bond motifs is 6. The number of rotatable bonds is 5. The van der Waals surface area contributed by atoms with Crippen LogP contribution < -0.4 is 0 Å². The lowest BCUT2D eigenvalue weighted by atomic mass is 9.98. The van der Waals surface area contributed by atoms with Crippen LogP contribution in [0.3, 0.4) is 0 Å². The van der Waals surface area contributed by atoms with Crippen molar-refractivity contribution in [3.63, 3.8) is 0 Å². The highest BCUT2D eigenvalue weighted by atomic mass is 16.3. The first-order chi connectivity index (χ1) is 31.4. The fraction of sp³-hybridized carbons (Fsp3) is 0. The topological polar surface area (TPSA) is 56.7 Å². The molecule has 234 valence electrons. The Kier molecular flexibility index (Phi) is 3.76. The molecule has 0 N–H and O–H groups in total. The molecule has 0 aliphatic carbocycles. The van der Waals surface area contributed by atoms with Crippen molar-refractivity contribution >= 4 is 43.7 Å². The molecule has 7 aromatic carbocycles. The number of hydrogen-bond donors (Lipinski definition) is 0. The summed E-state index contributed by atoms with van der Waals surface area (Å²) in [6.45, 7) is 0. The first-order valence-corrected chi connectivity index (χ1v) is 15.4. The predicted molar refractivity (Wildman–Crippen MR) is 203 cm³/mol. The minimum absolute atomic E-state index is 0.0241. The molecule has 0 aliphatic heterocycles. The summed E-state index contributed by atoms with van der Waals surface area (Å²) in [6, 6.07) is 11.5. The Balaban J connectivity index is 1.36. The summed E-state index contributed by atoms with van der Waals surface area (Å²) in [6.07, 6.45) is 0. The highest BCUT2D eigenvalue weighted by Crippen LogP contribution is 2.42. The second-order valence-corrected chi connectivity index (χ2v) is 11.2. The van der Waals surface area contributed by atoms with Gasteiger partial charge in [0.1, 0.15) is 11.2 Å². The minimum Gasteiger partial charge on any atom is -0.455 e. The molecule has 0 unspecified atom stereocenters. The quantitative estimate of drug-likeness (QED) is 0.185. The monoisotopic (exact) mass is 656 g/mol. The smallest absolute Gasteiger partial charge is 0.164 e. The first kappa shape index (κ1) is 16.5. The van der Waals surface area contributed by atoms with Crippen molar-refractivity contribution < 1.29 is 26.3 Å². The van der Waals surface area contributed by atoms with Crippen LogP contribution in [0.25, 0.3) is 94.7 Å². The lowest BCUT2D eigenvalue weighted by Gasteiger charge is -2.16. The van der Waals surface area contributed by atoms with E-state index >= 15 is 0 Å². The van der Waals surface area contributed by atoms with E-state index in [-0.39, 0.29) is 75.1 Å². The van der Waals surface area contributed by atoms with E-state index < -0.39 is 83.2 Å². The molecule has 0 radical (unpaired) electrons. The zero-order valence-electron chi connectivity index (χ0n) is 41.6. The molecule has 3 heterocycles. The van der Waals surface area contributed by atoms with Gasteiger partial charge in [0.05, 0.1) is 38.7 Å². The number of furan rings is 1. The van der Waals surface area contributed by atoms with Crippen LogP contribution in [0.1, 0.15) is 21.9 Å². The van der Waals surface area contributed by atoms with E-state index in [0.29, 0.717) is 22.3 Å². The van der Waals surface area contributed by atoms with Gasteiger partial charge in [-0.2, -0.15) is 0 Å². The molecule has 0 spiro atoms. The second kappa shape index (κ2) is 11.4. The van der Waals surface area contributed by atoms with Gasteiger partial charge in [-0.25, -0.2) is 15.0 Å². The highest BCUT2D eigenvalue weighted by Gasteiger charge is 2.21. The van der Waals surface area contributed by atoms with Gasteiger partial charge >= 0.3 is 0 Å². The summed E-state index contributed by atoms with van der Waals surface area (Å²) in [5.74, 6) is -1.15. The molecule has 0 atom stereocenters. The second-order valence-electron chi connectivity index (χ2n) is 11.2. The van der Waals surface area contributed by atoms with Crippen LogP contribution in [-0.4, -0.2) is 19.5 Å².